The van der Waals surface area contributed by atoms with E-state index in [4.69, 9.17) is 5.11 Å². The number of carboxylic acid groups (broad SMARTS) is 1. The number of carbonyl (C=O) groups is 1. The number of aromatic carboxylic acids is 1. The minimum absolute atomic E-state index is 0.237. The van der Waals surface area contributed by atoms with Gasteiger partial charge in [-0.25, -0.2) is 13.8 Å². The van der Waals surface area contributed by atoms with Gasteiger partial charge >= 0.3 is 5.97 Å². The summed E-state index contributed by atoms with van der Waals surface area (Å²) >= 11 is 0. The third-order valence-electron chi connectivity index (χ3n) is 2.39. The van der Waals surface area contributed by atoms with E-state index in [9.17, 15) is 9.18 Å². The van der Waals surface area contributed by atoms with Crippen molar-refractivity contribution >= 4 is 5.97 Å². The lowest BCUT2D eigenvalue weighted by Gasteiger charge is -1.98. The van der Waals surface area contributed by atoms with Crippen LogP contribution in [0.3, 0.4) is 0 Å². The second-order valence-corrected chi connectivity index (χ2v) is 3.69. The second-order valence-electron chi connectivity index (χ2n) is 3.69. The number of rotatable bonds is 3. The van der Waals surface area contributed by atoms with Gasteiger partial charge in [0.2, 0.25) is 0 Å². The summed E-state index contributed by atoms with van der Waals surface area (Å²) in [5.74, 6) is -1.23. The summed E-state index contributed by atoms with van der Waals surface area (Å²) in [6, 6.07) is 9.35. The van der Waals surface area contributed by atoms with Crippen LogP contribution in [-0.2, 0) is 6.54 Å². The van der Waals surface area contributed by atoms with Crippen molar-refractivity contribution in [3.63, 3.8) is 0 Å². The van der Waals surface area contributed by atoms with E-state index in [1.54, 1.807) is 23.0 Å². The van der Waals surface area contributed by atoms with Crippen molar-refractivity contribution < 1.29 is 18.9 Å². The summed E-state index contributed by atoms with van der Waals surface area (Å²) in [6.45, 7) is 0.512. The maximum absolute atomic E-state index is 13.0. The van der Waals surface area contributed by atoms with Gasteiger partial charge in [-0.15, -0.1) is 0 Å². The zero-order chi connectivity index (χ0) is 12.3. The molecular formula is C13H11FNO2+. The molecule has 17 heavy (non-hydrogen) atoms. The quantitative estimate of drug-likeness (QED) is 0.820. The molecule has 0 unspecified atom stereocenters. The molecule has 86 valence electrons. The van der Waals surface area contributed by atoms with Crippen molar-refractivity contribution in [1.82, 2.24) is 0 Å². The summed E-state index contributed by atoms with van der Waals surface area (Å²) in [6.07, 6.45) is 3.32. The maximum atomic E-state index is 13.0. The first kappa shape index (κ1) is 11.3. The molecule has 0 spiro atoms. The summed E-state index contributed by atoms with van der Waals surface area (Å²) in [4.78, 5) is 10.7. The molecule has 2 rings (SSSR count). The summed E-state index contributed by atoms with van der Waals surface area (Å²) in [5, 5.41) is 8.74. The van der Waals surface area contributed by atoms with Crippen molar-refractivity contribution in [2.45, 2.75) is 6.54 Å². The monoisotopic (exact) mass is 232 g/mol. The minimum Gasteiger partial charge on any atom is -0.478 e. The molecule has 3 nitrogen and oxygen atoms in total. The number of aromatic nitrogens is 1. The smallest absolute Gasteiger partial charge is 0.336 e. The summed E-state index contributed by atoms with van der Waals surface area (Å²) in [5.41, 5.74) is 1.07. The lowest BCUT2D eigenvalue weighted by molar-refractivity contribution is -0.688. The summed E-state index contributed by atoms with van der Waals surface area (Å²) < 4.78 is 14.7. The van der Waals surface area contributed by atoms with Gasteiger partial charge < -0.3 is 5.11 Å². The van der Waals surface area contributed by atoms with E-state index in [1.165, 1.54) is 24.3 Å². The van der Waals surface area contributed by atoms with Crippen LogP contribution in [0.1, 0.15) is 15.9 Å². The average Bonchev–Trinajstić information content (AvgIpc) is 2.29. The SMILES string of the molecule is O=C(O)c1cc[n+](Cc2cccc(F)c2)cc1. The number of hydrogen-bond donors (Lipinski definition) is 1. The zero-order valence-electron chi connectivity index (χ0n) is 9.01. The fourth-order valence-corrected chi connectivity index (χ4v) is 1.55. The predicted octanol–water partition coefficient (Wildman–Crippen LogP) is 1.86. The van der Waals surface area contributed by atoms with E-state index in [0.29, 0.717) is 6.54 Å². The lowest BCUT2D eigenvalue weighted by atomic mass is 10.2. The molecule has 2 aromatic rings. The van der Waals surface area contributed by atoms with Gasteiger partial charge in [-0.05, 0) is 12.1 Å². The number of nitrogens with zero attached hydrogens (tertiary/aromatic N) is 1. The number of pyridine rings is 1. The van der Waals surface area contributed by atoms with Gasteiger partial charge in [-0.2, -0.15) is 0 Å². The number of benzene rings is 1. The van der Waals surface area contributed by atoms with Crippen LogP contribution < -0.4 is 4.57 Å². The van der Waals surface area contributed by atoms with Gasteiger partial charge in [-0.3, -0.25) is 0 Å². The van der Waals surface area contributed by atoms with Crippen LogP contribution in [0.4, 0.5) is 4.39 Å². The highest BCUT2D eigenvalue weighted by Gasteiger charge is 2.07. The highest BCUT2D eigenvalue weighted by Crippen LogP contribution is 2.03. The Morgan fingerprint density at radius 3 is 2.53 bits per heavy atom. The Morgan fingerprint density at radius 2 is 1.94 bits per heavy atom. The molecule has 0 atom stereocenters. The lowest BCUT2D eigenvalue weighted by Crippen LogP contribution is -2.33. The van der Waals surface area contributed by atoms with Crippen LogP contribution in [-0.4, -0.2) is 11.1 Å². The number of carboxylic acids is 1. The molecule has 1 N–H and O–H groups in total. The van der Waals surface area contributed by atoms with Crippen LogP contribution in [0.2, 0.25) is 0 Å². The first-order valence-corrected chi connectivity index (χ1v) is 5.12. The van der Waals surface area contributed by atoms with Crippen molar-refractivity contribution in [1.29, 1.82) is 0 Å². The van der Waals surface area contributed by atoms with E-state index in [0.717, 1.165) is 5.56 Å². The third-order valence-corrected chi connectivity index (χ3v) is 2.39. The fraction of sp³-hybridized carbons (Fsp3) is 0.0769. The minimum atomic E-state index is -0.956. The van der Waals surface area contributed by atoms with Crippen LogP contribution in [0.15, 0.2) is 48.8 Å². The Balaban J connectivity index is 2.16. The molecule has 0 saturated heterocycles. The topological polar surface area (TPSA) is 41.2 Å². The van der Waals surface area contributed by atoms with Gasteiger partial charge in [0.15, 0.2) is 18.9 Å². The Labute approximate surface area is 97.8 Å². The molecule has 0 fully saturated rings. The average molecular weight is 232 g/mol. The highest BCUT2D eigenvalue weighted by atomic mass is 19.1. The third kappa shape index (κ3) is 2.87. The number of hydrogen-bond acceptors (Lipinski definition) is 1. The van der Waals surface area contributed by atoms with Crippen LogP contribution in [0.25, 0.3) is 0 Å². The molecule has 1 aromatic carbocycles. The van der Waals surface area contributed by atoms with Crippen LogP contribution in [0, 0.1) is 5.82 Å². The molecule has 4 heteroatoms. The Morgan fingerprint density at radius 1 is 1.24 bits per heavy atom. The van der Waals surface area contributed by atoms with Crippen LogP contribution >= 0.6 is 0 Å². The van der Waals surface area contributed by atoms with E-state index >= 15 is 0 Å². The molecule has 0 amide bonds. The van der Waals surface area contributed by atoms with E-state index in [-0.39, 0.29) is 11.4 Å². The molecule has 0 aliphatic rings. The Hall–Kier alpha value is -2.23. The van der Waals surface area contributed by atoms with E-state index in [2.05, 4.69) is 0 Å². The van der Waals surface area contributed by atoms with Gasteiger partial charge in [0.25, 0.3) is 0 Å². The number of halogens is 1. The highest BCUT2D eigenvalue weighted by molar-refractivity contribution is 5.87. The molecule has 0 bridgehead atoms. The van der Waals surface area contributed by atoms with Crippen molar-refractivity contribution in [3.8, 4) is 0 Å². The normalized spacial score (nSPS) is 10.2. The fourth-order valence-electron chi connectivity index (χ4n) is 1.55. The van der Waals surface area contributed by atoms with Crippen molar-refractivity contribution in [2.24, 2.45) is 0 Å². The molecule has 0 aliphatic carbocycles. The van der Waals surface area contributed by atoms with Crippen molar-refractivity contribution in [3.05, 3.63) is 65.7 Å². The molecule has 0 aliphatic heterocycles. The Bertz CT molecular complexity index is 537. The predicted molar refractivity (Wildman–Crippen MR) is 59.1 cm³/mol. The second kappa shape index (κ2) is 4.74. The standard InChI is InChI=1S/C13H10FNO2/c14-12-3-1-2-10(8-12)9-15-6-4-11(5-7-15)13(16)17/h1-8H,9H2/p+1. The molecule has 0 radical (unpaired) electrons. The van der Waals surface area contributed by atoms with Gasteiger partial charge in [0.05, 0.1) is 5.56 Å². The van der Waals surface area contributed by atoms with Crippen LogP contribution in [0.5, 0.6) is 0 Å². The Kier molecular flexibility index (Phi) is 3.14. The van der Waals surface area contributed by atoms with Gasteiger partial charge in [0.1, 0.15) is 5.82 Å². The van der Waals surface area contributed by atoms with Gasteiger partial charge in [-0.1, -0.05) is 12.1 Å². The van der Waals surface area contributed by atoms with E-state index in [1.807, 2.05) is 6.07 Å². The van der Waals surface area contributed by atoms with E-state index < -0.39 is 5.97 Å². The maximum Gasteiger partial charge on any atom is 0.336 e. The largest absolute Gasteiger partial charge is 0.478 e. The molecule has 0 saturated carbocycles. The first-order chi connectivity index (χ1) is 8.15. The zero-order valence-corrected chi connectivity index (χ0v) is 9.01. The molecular weight excluding hydrogens is 221 g/mol. The van der Waals surface area contributed by atoms with Crippen molar-refractivity contribution in [2.75, 3.05) is 0 Å². The van der Waals surface area contributed by atoms with Gasteiger partial charge in [0, 0.05) is 17.7 Å². The molecule has 1 heterocycles. The summed E-state index contributed by atoms with van der Waals surface area (Å²) in [7, 11) is 0. The first-order valence-electron chi connectivity index (χ1n) is 5.12. The molecule has 1 aromatic heterocycles.